The van der Waals surface area contributed by atoms with Crippen LogP contribution < -0.4 is 14.8 Å². The van der Waals surface area contributed by atoms with Crippen molar-refractivity contribution in [3.63, 3.8) is 0 Å². The van der Waals surface area contributed by atoms with Gasteiger partial charge in [-0.15, -0.1) is 11.3 Å². The molecule has 0 fully saturated rings. The Morgan fingerprint density at radius 2 is 1.97 bits per heavy atom. The lowest BCUT2D eigenvalue weighted by molar-refractivity contribution is 0.102. The van der Waals surface area contributed by atoms with Gasteiger partial charge in [0.25, 0.3) is 5.91 Å². The second kappa shape index (κ2) is 9.13. The van der Waals surface area contributed by atoms with Crippen molar-refractivity contribution in [1.82, 2.24) is 9.71 Å². The van der Waals surface area contributed by atoms with E-state index < -0.39 is 15.9 Å². The SMILES string of the molecule is COc1ccc(-c2csc(NC(=O)c3cccc(S(=O)(=O)NC(C)C)c3)n2)cc1Cl. The topological polar surface area (TPSA) is 97.4 Å². The third-order valence-corrected chi connectivity index (χ3v) is 6.68. The highest BCUT2D eigenvalue weighted by atomic mass is 35.5. The van der Waals surface area contributed by atoms with Crippen LogP contribution in [0.2, 0.25) is 5.02 Å². The molecule has 0 aliphatic heterocycles. The average molecular weight is 466 g/mol. The smallest absolute Gasteiger partial charge is 0.257 e. The molecule has 0 atom stereocenters. The lowest BCUT2D eigenvalue weighted by Crippen LogP contribution is -2.30. The van der Waals surface area contributed by atoms with E-state index in [4.69, 9.17) is 16.3 Å². The van der Waals surface area contributed by atoms with Crippen LogP contribution in [0.3, 0.4) is 0 Å². The second-order valence-corrected chi connectivity index (χ2v) is 9.62. The van der Waals surface area contributed by atoms with Crippen LogP contribution in [-0.4, -0.2) is 32.5 Å². The Bertz CT molecular complexity index is 1180. The molecule has 1 aromatic heterocycles. The lowest BCUT2D eigenvalue weighted by atomic mass is 10.2. The van der Waals surface area contributed by atoms with E-state index >= 15 is 0 Å². The Kier molecular flexibility index (Phi) is 6.77. The molecule has 3 rings (SSSR count). The van der Waals surface area contributed by atoms with Crippen molar-refractivity contribution < 1.29 is 17.9 Å². The first-order valence-electron chi connectivity index (χ1n) is 8.93. The van der Waals surface area contributed by atoms with Crippen LogP contribution in [0.4, 0.5) is 5.13 Å². The van der Waals surface area contributed by atoms with E-state index in [0.717, 1.165) is 5.56 Å². The zero-order valence-corrected chi connectivity index (χ0v) is 18.9. The van der Waals surface area contributed by atoms with E-state index in [0.29, 0.717) is 21.6 Å². The molecule has 2 aromatic carbocycles. The molecule has 0 aliphatic rings. The number of aromatic nitrogens is 1. The predicted molar refractivity (Wildman–Crippen MR) is 119 cm³/mol. The van der Waals surface area contributed by atoms with Gasteiger partial charge in [-0.05, 0) is 50.2 Å². The maximum atomic E-state index is 12.6. The Morgan fingerprint density at radius 3 is 2.63 bits per heavy atom. The van der Waals surface area contributed by atoms with Crippen molar-refractivity contribution in [2.45, 2.75) is 24.8 Å². The van der Waals surface area contributed by atoms with Crippen molar-refractivity contribution in [2.24, 2.45) is 0 Å². The van der Waals surface area contributed by atoms with E-state index in [1.807, 2.05) is 6.07 Å². The monoisotopic (exact) mass is 465 g/mol. The molecule has 0 aliphatic carbocycles. The van der Waals surface area contributed by atoms with Gasteiger partial charge < -0.3 is 4.74 Å². The number of nitrogens with one attached hydrogen (secondary N) is 2. The van der Waals surface area contributed by atoms with E-state index in [1.165, 1.54) is 36.6 Å². The lowest BCUT2D eigenvalue weighted by Gasteiger charge is -2.10. The highest BCUT2D eigenvalue weighted by Crippen LogP contribution is 2.31. The second-order valence-electron chi connectivity index (χ2n) is 6.65. The first kappa shape index (κ1) is 22.2. The van der Waals surface area contributed by atoms with Crippen LogP contribution in [0, 0.1) is 0 Å². The highest BCUT2D eigenvalue weighted by molar-refractivity contribution is 7.89. The molecule has 1 amide bonds. The maximum absolute atomic E-state index is 12.6. The number of nitrogens with zero attached hydrogens (tertiary/aromatic N) is 1. The molecule has 7 nitrogen and oxygen atoms in total. The molecule has 1 heterocycles. The van der Waals surface area contributed by atoms with Crippen LogP contribution in [0.15, 0.2) is 52.7 Å². The minimum absolute atomic E-state index is 0.0246. The normalized spacial score (nSPS) is 11.5. The van der Waals surface area contributed by atoms with Crippen LogP contribution in [0.1, 0.15) is 24.2 Å². The maximum Gasteiger partial charge on any atom is 0.257 e. The third-order valence-electron chi connectivity index (χ3n) is 3.97. The first-order valence-corrected chi connectivity index (χ1v) is 11.7. The summed E-state index contributed by atoms with van der Waals surface area (Å²) in [7, 11) is -2.16. The molecule has 0 saturated heterocycles. The van der Waals surface area contributed by atoms with Gasteiger partial charge in [-0.3, -0.25) is 10.1 Å². The van der Waals surface area contributed by atoms with E-state index in [9.17, 15) is 13.2 Å². The molecule has 10 heteroatoms. The van der Waals surface area contributed by atoms with E-state index in [1.54, 1.807) is 37.4 Å². The summed E-state index contributed by atoms with van der Waals surface area (Å²) in [5.74, 6) is 0.108. The zero-order chi connectivity index (χ0) is 21.9. The van der Waals surface area contributed by atoms with Gasteiger partial charge in [0.2, 0.25) is 10.0 Å². The van der Waals surface area contributed by atoms with Crippen LogP contribution >= 0.6 is 22.9 Å². The molecule has 0 bridgehead atoms. The number of rotatable bonds is 7. The molecular formula is C20H20ClN3O4S2. The fourth-order valence-corrected chi connectivity index (χ4v) is 4.91. The van der Waals surface area contributed by atoms with Gasteiger partial charge in [0, 0.05) is 22.5 Å². The molecule has 0 radical (unpaired) electrons. The van der Waals surface area contributed by atoms with Crippen LogP contribution in [0.5, 0.6) is 5.75 Å². The number of anilines is 1. The molecule has 2 N–H and O–H groups in total. The Hall–Kier alpha value is -2.46. The van der Waals surface area contributed by atoms with Crippen molar-refractivity contribution in [2.75, 3.05) is 12.4 Å². The largest absolute Gasteiger partial charge is 0.495 e. The Labute approximate surface area is 184 Å². The predicted octanol–water partition coefficient (Wildman–Crippen LogP) is 4.41. The fourth-order valence-electron chi connectivity index (χ4n) is 2.64. The summed E-state index contributed by atoms with van der Waals surface area (Å²) in [6.45, 7) is 3.45. The molecule has 0 unspecified atom stereocenters. The number of thiazole rings is 1. The standard InChI is InChI=1S/C20H20ClN3O4S2/c1-12(2)24-30(26,27)15-6-4-5-14(9-15)19(25)23-20-22-17(11-29-20)13-7-8-18(28-3)16(21)10-13/h4-12,24H,1-3H3,(H,22,23,25). The van der Waals surface area contributed by atoms with Crippen molar-refractivity contribution in [1.29, 1.82) is 0 Å². The van der Waals surface area contributed by atoms with Gasteiger partial charge >= 0.3 is 0 Å². The molecule has 3 aromatic rings. The summed E-state index contributed by atoms with van der Waals surface area (Å²) in [5, 5.41) is 5.34. The fraction of sp³-hybridized carbons (Fsp3) is 0.200. The van der Waals surface area contributed by atoms with Gasteiger partial charge in [0.15, 0.2) is 5.13 Å². The summed E-state index contributed by atoms with van der Waals surface area (Å²) in [6.07, 6.45) is 0. The van der Waals surface area contributed by atoms with Gasteiger partial charge in [-0.2, -0.15) is 0 Å². The zero-order valence-electron chi connectivity index (χ0n) is 16.5. The molecule has 0 spiro atoms. The number of hydrogen-bond acceptors (Lipinski definition) is 6. The summed E-state index contributed by atoms with van der Waals surface area (Å²) in [5.41, 5.74) is 1.65. The molecular weight excluding hydrogens is 446 g/mol. The number of halogens is 1. The van der Waals surface area contributed by atoms with E-state index in [-0.39, 0.29) is 16.5 Å². The van der Waals surface area contributed by atoms with Crippen molar-refractivity contribution in [3.05, 3.63) is 58.4 Å². The van der Waals surface area contributed by atoms with E-state index in [2.05, 4.69) is 15.0 Å². The van der Waals surface area contributed by atoms with Gasteiger partial charge in [0.05, 0.1) is 22.7 Å². The minimum atomic E-state index is -3.70. The third kappa shape index (κ3) is 5.17. The summed E-state index contributed by atoms with van der Waals surface area (Å²) < 4.78 is 32.3. The van der Waals surface area contributed by atoms with Crippen LogP contribution in [0.25, 0.3) is 11.3 Å². The summed E-state index contributed by atoms with van der Waals surface area (Å²) in [4.78, 5) is 17.0. The number of carbonyl (C=O) groups excluding carboxylic acids is 1. The summed E-state index contributed by atoms with van der Waals surface area (Å²) >= 11 is 7.41. The quantitative estimate of drug-likeness (QED) is 0.538. The Balaban J connectivity index is 1.78. The Morgan fingerprint density at radius 1 is 1.20 bits per heavy atom. The van der Waals surface area contributed by atoms with Gasteiger partial charge in [0.1, 0.15) is 5.75 Å². The number of amides is 1. The number of ether oxygens (including phenoxy) is 1. The average Bonchev–Trinajstić information content (AvgIpc) is 3.15. The number of sulfonamides is 1. The molecule has 158 valence electrons. The number of carbonyl (C=O) groups is 1. The minimum Gasteiger partial charge on any atom is -0.495 e. The van der Waals surface area contributed by atoms with Gasteiger partial charge in [-0.1, -0.05) is 17.7 Å². The number of benzene rings is 2. The van der Waals surface area contributed by atoms with Gasteiger partial charge in [-0.25, -0.2) is 18.1 Å². The number of hydrogen-bond donors (Lipinski definition) is 2. The van der Waals surface area contributed by atoms with Crippen LogP contribution in [-0.2, 0) is 10.0 Å². The molecule has 30 heavy (non-hydrogen) atoms. The molecule has 0 saturated carbocycles. The van der Waals surface area contributed by atoms with Crippen molar-refractivity contribution >= 4 is 44.0 Å². The van der Waals surface area contributed by atoms with Crippen molar-refractivity contribution in [3.8, 4) is 17.0 Å². The first-order chi connectivity index (χ1) is 14.2. The summed E-state index contributed by atoms with van der Waals surface area (Å²) in [6, 6.07) is 10.9. The highest BCUT2D eigenvalue weighted by Gasteiger charge is 2.18. The number of methoxy groups -OCH3 is 1.